The third-order valence-electron chi connectivity index (χ3n) is 13.8. The van der Waals surface area contributed by atoms with Gasteiger partial charge in [-0.1, -0.05) is 20.8 Å². The Balaban J connectivity index is 1.17. The molecule has 6 fully saturated rings. The van der Waals surface area contributed by atoms with E-state index in [1.165, 1.54) is 13.8 Å². The molecule has 6 heterocycles. The van der Waals surface area contributed by atoms with Gasteiger partial charge in [-0.25, -0.2) is 0 Å². The first kappa shape index (κ1) is 55.2. The van der Waals surface area contributed by atoms with Crippen LogP contribution in [0.15, 0.2) is 0 Å². The van der Waals surface area contributed by atoms with Crippen LogP contribution in [0.25, 0.3) is 0 Å². The lowest BCUT2D eigenvalue weighted by atomic mass is 9.88. The van der Waals surface area contributed by atoms with E-state index in [2.05, 4.69) is 0 Å². The van der Waals surface area contributed by atoms with Gasteiger partial charge in [0.2, 0.25) is 0 Å². The average molecular weight is 983 g/mol. The van der Waals surface area contributed by atoms with E-state index in [4.69, 9.17) is 52.1 Å². The molecule has 0 saturated carbocycles. The van der Waals surface area contributed by atoms with Crippen LogP contribution in [0.2, 0.25) is 0 Å². The Hall–Kier alpha value is -1.08. The molecule has 27 heteroatoms. The molecule has 0 aromatic rings. The minimum atomic E-state index is -2.05. The van der Waals surface area contributed by atoms with Crippen LogP contribution in [-0.2, 0) is 52.1 Å². The number of ether oxygens (including phenoxy) is 11. The van der Waals surface area contributed by atoms with Gasteiger partial charge in [0, 0.05) is 17.8 Å². The number of hydrogen-bond donors (Lipinski definition) is 16. The minimum Gasteiger partial charge on any atom is -0.394 e. The summed E-state index contributed by atoms with van der Waals surface area (Å²) in [7, 11) is 0. The van der Waals surface area contributed by atoms with E-state index in [9.17, 15) is 81.7 Å². The molecule has 0 aromatic carbocycles. The van der Waals surface area contributed by atoms with Crippen LogP contribution in [0.5, 0.6) is 0 Å². The van der Waals surface area contributed by atoms with Gasteiger partial charge in [-0.15, -0.1) is 0 Å². The Kier molecular flexibility index (Phi) is 19.5. The fourth-order valence-corrected chi connectivity index (χ4v) is 9.23. The van der Waals surface area contributed by atoms with Crippen molar-refractivity contribution in [3.05, 3.63) is 0 Å². The quantitative estimate of drug-likeness (QED) is 0.0683. The highest BCUT2D eigenvalue weighted by atomic mass is 16.8. The Labute approximate surface area is 384 Å². The van der Waals surface area contributed by atoms with Gasteiger partial charge in [0.15, 0.2) is 31.5 Å². The molecule has 0 amide bonds. The zero-order valence-corrected chi connectivity index (χ0v) is 37.2. The molecular weight excluding hydrogens is 912 g/mol. The summed E-state index contributed by atoms with van der Waals surface area (Å²) in [5, 5.41) is 171. The standard InChI is InChI=1S/C40H70O27/c1-11-14(4)57-18(8-44)31(21(11)47)63-36-12(2)22(48)33(20(10-46)61-36)65-39-30(56)34(26(52)17(7-43)59-39)66-40-35(28(54)25(51)16(6-42)60-40)67-37-13(3)23(49)32(19(9-45)62-37)64-38-29(55)27(53)24(50)15(5-41)58-38/h11-56H,5-10H2,1-4H3/t11-,12+,13+,14+,15?,16-,17?,18?,19?,20?,21?,22?,23?,24+,25-,26-,27?,28?,29+,30?,31-,32-,33-,34+,35?,36+,37+,38+,39+,40?/m1/s1. The minimum absolute atomic E-state index is 0.417. The topological polar surface area (TPSA) is 425 Å². The van der Waals surface area contributed by atoms with Crippen molar-refractivity contribution in [2.24, 2.45) is 17.8 Å². The zero-order valence-electron chi connectivity index (χ0n) is 37.2. The first-order valence-electron chi connectivity index (χ1n) is 22.4. The monoisotopic (exact) mass is 982 g/mol. The summed E-state index contributed by atoms with van der Waals surface area (Å²) in [6, 6.07) is 0. The lowest BCUT2D eigenvalue weighted by Gasteiger charge is -2.50. The molecule has 30 atom stereocenters. The first-order valence-corrected chi connectivity index (χ1v) is 22.4. The maximum Gasteiger partial charge on any atom is 0.187 e. The number of rotatable bonds is 16. The molecule has 0 radical (unpaired) electrons. The third kappa shape index (κ3) is 11.3. The first-order chi connectivity index (χ1) is 31.8. The van der Waals surface area contributed by atoms with Crippen molar-refractivity contribution in [3.8, 4) is 0 Å². The summed E-state index contributed by atoms with van der Waals surface area (Å²) in [6.07, 6.45) is -42.7. The Bertz CT molecular complexity index is 1500. The van der Waals surface area contributed by atoms with Crippen LogP contribution >= 0.6 is 0 Å². The largest absolute Gasteiger partial charge is 0.394 e. The molecule has 6 rings (SSSR count). The predicted molar refractivity (Wildman–Crippen MR) is 212 cm³/mol. The Morgan fingerprint density at radius 1 is 0.269 bits per heavy atom. The van der Waals surface area contributed by atoms with Gasteiger partial charge in [0.1, 0.15) is 110 Å². The van der Waals surface area contributed by atoms with Gasteiger partial charge >= 0.3 is 0 Å². The van der Waals surface area contributed by atoms with Gasteiger partial charge in [-0.2, -0.15) is 0 Å². The van der Waals surface area contributed by atoms with Crippen molar-refractivity contribution in [2.45, 2.75) is 193 Å². The van der Waals surface area contributed by atoms with Crippen molar-refractivity contribution in [1.82, 2.24) is 0 Å². The fraction of sp³-hybridized carbons (Fsp3) is 1.00. The zero-order chi connectivity index (χ0) is 49.3. The summed E-state index contributed by atoms with van der Waals surface area (Å²) < 4.78 is 64.4. The Morgan fingerprint density at radius 3 is 1.06 bits per heavy atom. The summed E-state index contributed by atoms with van der Waals surface area (Å²) in [5.74, 6) is -2.56. The van der Waals surface area contributed by atoms with Gasteiger partial charge < -0.3 is 134 Å². The molecule has 0 aromatic heterocycles. The molecule has 0 bridgehead atoms. The maximum atomic E-state index is 11.7. The van der Waals surface area contributed by atoms with Gasteiger partial charge in [0.25, 0.3) is 0 Å². The molecule has 392 valence electrons. The highest BCUT2D eigenvalue weighted by Crippen LogP contribution is 2.39. The summed E-state index contributed by atoms with van der Waals surface area (Å²) in [5.41, 5.74) is 0. The molecular formula is C40H70O27. The maximum absolute atomic E-state index is 11.7. The van der Waals surface area contributed by atoms with Crippen molar-refractivity contribution < 1.29 is 134 Å². The smallest absolute Gasteiger partial charge is 0.187 e. The summed E-state index contributed by atoms with van der Waals surface area (Å²) >= 11 is 0. The predicted octanol–water partition coefficient (Wildman–Crippen LogP) is -9.20. The lowest BCUT2D eigenvalue weighted by Crippen LogP contribution is -2.67. The van der Waals surface area contributed by atoms with Gasteiger partial charge in [-0.05, 0) is 6.92 Å². The van der Waals surface area contributed by atoms with Crippen molar-refractivity contribution in [2.75, 3.05) is 39.6 Å². The molecule has 16 N–H and O–H groups in total. The van der Waals surface area contributed by atoms with Crippen LogP contribution in [0.4, 0.5) is 0 Å². The summed E-state index contributed by atoms with van der Waals surface area (Å²) in [4.78, 5) is 0. The van der Waals surface area contributed by atoms with E-state index < -0.39 is 223 Å². The lowest BCUT2D eigenvalue weighted by molar-refractivity contribution is -0.398. The average Bonchev–Trinajstić information content (AvgIpc) is 3.32. The number of hydrogen-bond acceptors (Lipinski definition) is 27. The third-order valence-corrected chi connectivity index (χ3v) is 13.8. The highest BCUT2D eigenvalue weighted by Gasteiger charge is 2.57. The van der Waals surface area contributed by atoms with Crippen LogP contribution in [0.3, 0.4) is 0 Å². The molecule has 13 unspecified atom stereocenters. The molecule has 6 aliphatic heterocycles. The SMILES string of the molecule is C[C@@H]1OC(CO)[C@@H](O[C@@H]2OC(CO)[C@@H](O[C@@H]3OC(CO)[C@@H](O)[C@H](OC4O[C@H](CO)[C@@H](O)C(O)C4O[C@@H]4OC(CO)[C@@H](O[C@@H]5OC(CO)[C@H](O)C(O)[C@@H]5O)C(O)[C@@H]4C)C3O)C(O)[C@@H]2C)C(O)[C@@H]1C. The van der Waals surface area contributed by atoms with E-state index in [-0.39, 0.29) is 0 Å². The normalized spacial score (nSPS) is 53.4. The fourth-order valence-electron chi connectivity index (χ4n) is 9.23. The highest BCUT2D eigenvalue weighted by molar-refractivity contribution is 4.99. The van der Waals surface area contributed by atoms with Crippen LogP contribution in [0.1, 0.15) is 27.7 Å². The van der Waals surface area contributed by atoms with Crippen molar-refractivity contribution in [1.29, 1.82) is 0 Å². The van der Waals surface area contributed by atoms with E-state index >= 15 is 0 Å². The van der Waals surface area contributed by atoms with E-state index in [1.54, 1.807) is 13.8 Å². The second-order valence-electron chi connectivity index (χ2n) is 18.2. The van der Waals surface area contributed by atoms with Gasteiger partial charge in [0.05, 0.1) is 64.1 Å². The second-order valence-corrected chi connectivity index (χ2v) is 18.2. The van der Waals surface area contributed by atoms with Crippen molar-refractivity contribution >= 4 is 0 Å². The number of aliphatic hydroxyl groups is 16. The molecule has 6 saturated heterocycles. The van der Waals surface area contributed by atoms with E-state index in [0.717, 1.165) is 0 Å². The van der Waals surface area contributed by atoms with Gasteiger partial charge in [-0.3, -0.25) is 0 Å². The van der Waals surface area contributed by atoms with Crippen LogP contribution < -0.4 is 0 Å². The van der Waals surface area contributed by atoms with E-state index in [1.807, 2.05) is 0 Å². The molecule has 27 nitrogen and oxygen atoms in total. The van der Waals surface area contributed by atoms with E-state index in [0.29, 0.717) is 0 Å². The summed E-state index contributed by atoms with van der Waals surface area (Å²) in [6.45, 7) is 1.56. The Morgan fingerprint density at radius 2 is 0.597 bits per heavy atom. The second kappa shape index (κ2) is 23.6. The number of aliphatic hydroxyl groups excluding tert-OH is 16. The molecule has 6 aliphatic rings. The van der Waals surface area contributed by atoms with Crippen LogP contribution in [-0.4, -0.2) is 287 Å². The molecule has 67 heavy (non-hydrogen) atoms. The van der Waals surface area contributed by atoms with Crippen LogP contribution in [0, 0.1) is 17.8 Å². The van der Waals surface area contributed by atoms with Crippen molar-refractivity contribution in [3.63, 3.8) is 0 Å². The molecule has 0 spiro atoms. The molecule has 0 aliphatic carbocycles.